The van der Waals surface area contributed by atoms with Gasteiger partial charge in [0.05, 0.1) is 13.0 Å². The Morgan fingerprint density at radius 2 is 2.15 bits per heavy atom. The number of carbonyl (C=O) groups is 3. The molecule has 0 bridgehead atoms. The summed E-state index contributed by atoms with van der Waals surface area (Å²) < 4.78 is 4.94. The first kappa shape index (κ1) is 14.2. The molecule has 2 rings (SSSR count). The van der Waals surface area contributed by atoms with Crippen molar-refractivity contribution in [2.24, 2.45) is 5.92 Å². The van der Waals surface area contributed by atoms with Gasteiger partial charge in [0.1, 0.15) is 17.5 Å². The molecule has 5 heteroatoms. The van der Waals surface area contributed by atoms with Gasteiger partial charge in [0, 0.05) is 12.3 Å². The van der Waals surface area contributed by atoms with Gasteiger partial charge in [0.25, 0.3) is 0 Å². The number of aromatic hydroxyl groups is 1. The van der Waals surface area contributed by atoms with Crippen molar-refractivity contribution in [2.45, 2.75) is 25.7 Å². The molecule has 1 aromatic rings. The van der Waals surface area contributed by atoms with E-state index in [0.29, 0.717) is 5.56 Å². The third-order valence-electron chi connectivity index (χ3n) is 3.41. The van der Waals surface area contributed by atoms with E-state index in [4.69, 9.17) is 4.74 Å². The zero-order valence-corrected chi connectivity index (χ0v) is 11.2. The van der Waals surface area contributed by atoms with Crippen molar-refractivity contribution in [1.29, 1.82) is 0 Å². The minimum Gasteiger partial charge on any atom is -0.508 e. The molecular formula is C15H16O5. The molecule has 2 atom stereocenters. The lowest BCUT2D eigenvalue weighted by Gasteiger charge is -2.28. The standard InChI is InChI=1S/C15H16O5/c1-2-20-15(19)14-12(7-11(17)8-13(14)18)9-4-3-5-10(16)6-9/h3-6,12,14,16H,2,7-8H2,1H3. The van der Waals surface area contributed by atoms with Crippen molar-refractivity contribution in [3.05, 3.63) is 29.8 Å². The smallest absolute Gasteiger partial charge is 0.317 e. The largest absolute Gasteiger partial charge is 0.508 e. The molecule has 20 heavy (non-hydrogen) atoms. The second-order valence-corrected chi connectivity index (χ2v) is 4.82. The minimum atomic E-state index is -0.963. The molecule has 0 amide bonds. The molecule has 1 aromatic carbocycles. The van der Waals surface area contributed by atoms with E-state index in [1.165, 1.54) is 12.1 Å². The van der Waals surface area contributed by atoms with Gasteiger partial charge in [-0.3, -0.25) is 14.4 Å². The SMILES string of the molecule is CCOC(=O)C1C(=O)CC(=O)CC1c1cccc(O)c1. The first-order valence-corrected chi connectivity index (χ1v) is 6.53. The van der Waals surface area contributed by atoms with Gasteiger partial charge in [0.15, 0.2) is 5.78 Å². The molecule has 1 aliphatic rings. The lowest BCUT2D eigenvalue weighted by molar-refractivity contribution is -0.154. The Bertz CT molecular complexity index is 549. The number of esters is 1. The first-order valence-electron chi connectivity index (χ1n) is 6.53. The van der Waals surface area contributed by atoms with Crippen LogP contribution in [0, 0.1) is 5.92 Å². The number of benzene rings is 1. The molecule has 0 spiro atoms. The van der Waals surface area contributed by atoms with Gasteiger partial charge in [0.2, 0.25) is 0 Å². The highest BCUT2D eigenvalue weighted by atomic mass is 16.5. The molecule has 2 unspecified atom stereocenters. The molecule has 1 N–H and O–H groups in total. The van der Waals surface area contributed by atoms with E-state index in [9.17, 15) is 19.5 Å². The monoisotopic (exact) mass is 276 g/mol. The molecule has 5 nitrogen and oxygen atoms in total. The van der Waals surface area contributed by atoms with E-state index in [-0.39, 0.29) is 31.0 Å². The number of hydrogen-bond donors (Lipinski definition) is 1. The number of phenolic OH excluding ortho intramolecular Hbond substituents is 1. The Labute approximate surface area is 116 Å². The lowest BCUT2D eigenvalue weighted by atomic mass is 9.74. The quantitative estimate of drug-likeness (QED) is 0.669. The average molecular weight is 276 g/mol. The Kier molecular flexibility index (Phi) is 4.17. The van der Waals surface area contributed by atoms with Crippen LogP contribution < -0.4 is 0 Å². The summed E-state index contributed by atoms with van der Waals surface area (Å²) in [5.41, 5.74) is 0.601. The number of carbonyl (C=O) groups excluding carboxylic acids is 3. The highest BCUT2D eigenvalue weighted by Crippen LogP contribution is 2.36. The Hall–Kier alpha value is -2.17. The van der Waals surface area contributed by atoms with Gasteiger partial charge in [-0.2, -0.15) is 0 Å². The maximum Gasteiger partial charge on any atom is 0.317 e. The van der Waals surface area contributed by atoms with Crippen LogP contribution in [-0.2, 0) is 19.1 Å². The van der Waals surface area contributed by atoms with Crippen molar-refractivity contribution in [3.63, 3.8) is 0 Å². The number of phenols is 1. The van der Waals surface area contributed by atoms with Gasteiger partial charge < -0.3 is 9.84 Å². The van der Waals surface area contributed by atoms with E-state index in [0.717, 1.165) is 0 Å². The Morgan fingerprint density at radius 3 is 2.80 bits per heavy atom. The van der Waals surface area contributed by atoms with E-state index in [1.54, 1.807) is 19.1 Å². The number of rotatable bonds is 3. The average Bonchev–Trinajstić information content (AvgIpc) is 2.37. The second-order valence-electron chi connectivity index (χ2n) is 4.82. The van der Waals surface area contributed by atoms with Crippen LogP contribution in [0.5, 0.6) is 5.75 Å². The summed E-state index contributed by atoms with van der Waals surface area (Å²) in [7, 11) is 0. The molecule has 0 aliphatic heterocycles. The molecule has 1 aliphatic carbocycles. The number of Topliss-reactive ketones (excluding diaryl/α,β-unsaturated/α-hetero) is 2. The van der Waals surface area contributed by atoms with E-state index in [1.807, 2.05) is 0 Å². The molecule has 106 valence electrons. The van der Waals surface area contributed by atoms with Crippen molar-refractivity contribution >= 4 is 17.5 Å². The fourth-order valence-electron chi connectivity index (χ4n) is 2.56. The van der Waals surface area contributed by atoms with E-state index >= 15 is 0 Å². The molecule has 1 saturated carbocycles. The van der Waals surface area contributed by atoms with Gasteiger partial charge in [-0.15, -0.1) is 0 Å². The highest BCUT2D eigenvalue weighted by Gasteiger charge is 2.42. The molecule has 0 heterocycles. The van der Waals surface area contributed by atoms with E-state index in [2.05, 4.69) is 0 Å². The number of hydrogen-bond acceptors (Lipinski definition) is 5. The Balaban J connectivity index is 2.36. The Morgan fingerprint density at radius 1 is 1.40 bits per heavy atom. The molecular weight excluding hydrogens is 260 g/mol. The predicted molar refractivity (Wildman–Crippen MR) is 70.2 cm³/mol. The van der Waals surface area contributed by atoms with Gasteiger partial charge in [-0.1, -0.05) is 12.1 Å². The van der Waals surface area contributed by atoms with Crippen molar-refractivity contribution in [3.8, 4) is 5.75 Å². The van der Waals surface area contributed by atoms with Crippen LogP contribution in [0.1, 0.15) is 31.2 Å². The summed E-state index contributed by atoms with van der Waals surface area (Å²) in [5, 5.41) is 9.52. The molecule has 0 radical (unpaired) electrons. The zero-order chi connectivity index (χ0) is 14.7. The van der Waals surface area contributed by atoms with Gasteiger partial charge in [-0.05, 0) is 24.6 Å². The predicted octanol–water partition coefficient (Wildman–Crippen LogP) is 1.59. The zero-order valence-electron chi connectivity index (χ0n) is 11.2. The van der Waals surface area contributed by atoms with Crippen molar-refractivity contribution < 1.29 is 24.2 Å². The van der Waals surface area contributed by atoms with Crippen LogP contribution in [0.4, 0.5) is 0 Å². The molecule has 1 fully saturated rings. The van der Waals surface area contributed by atoms with Crippen LogP contribution in [0.25, 0.3) is 0 Å². The molecule has 0 aromatic heterocycles. The minimum absolute atomic E-state index is 0.0376. The lowest BCUT2D eigenvalue weighted by Crippen LogP contribution is -2.38. The normalized spacial score (nSPS) is 22.6. The maximum atomic E-state index is 12.0. The summed E-state index contributed by atoms with van der Waals surface area (Å²) in [4.78, 5) is 35.6. The summed E-state index contributed by atoms with van der Waals surface area (Å²) >= 11 is 0. The van der Waals surface area contributed by atoms with Crippen LogP contribution in [0.15, 0.2) is 24.3 Å². The van der Waals surface area contributed by atoms with Gasteiger partial charge in [-0.25, -0.2) is 0 Å². The summed E-state index contributed by atoms with van der Waals surface area (Å²) in [6.07, 6.45) is -0.114. The van der Waals surface area contributed by atoms with Crippen LogP contribution in [0.2, 0.25) is 0 Å². The van der Waals surface area contributed by atoms with Crippen LogP contribution >= 0.6 is 0 Å². The fraction of sp³-hybridized carbons (Fsp3) is 0.400. The van der Waals surface area contributed by atoms with E-state index < -0.39 is 23.6 Å². The third-order valence-corrected chi connectivity index (χ3v) is 3.41. The van der Waals surface area contributed by atoms with Gasteiger partial charge >= 0.3 is 5.97 Å². The summed E-state index contributed by atoms with van der Waals surface area (Å²) in [6, 6.07) is 6.29. The highest BCUT2D eigenvalue weighted by molar-refractivity contribution is 6.11. The third kappa shape index (κ3) is 2.87. The summed E-state index contributed by atoms with van der Waals surface area (Å²) in [6.45, 7) is 1.85. The first-order chi connectivity index (χ1) is 9.52. The second kappa shape index (κ2) is 5.86. The van der Waals surface area contributed by atoms with Crippen molar-refractivity contribution in [1.82, 2.24) is 0 Å². The number of ketones is 2. The van der Waals surface area contributed by atoms with Crippen LogP contribution in [-0.4, -0.2) is 29.2 Å². The van der Waals surface area contributed by atoms with Crippen molar-refractivity contribution in [2.75, 3.05) is 6.61 Å². The van der Waals surface area contributed by atoms with Crippen LogP contribution in [0.3, 0.4) is 0 Å². The molecule has 0 saturated heterocycles. The topological polar surface area (TPSA) is 80.7 Å². The number of ether oxygens (including phenoxy) is 1. The summed E-state index contributed by atoms with van der Waals surface area (Å²) in [5.74, 6) is -2.68. The fourth-order valence-corrected chi connectivity index (χ4v) is 2.56. The maximum absolute atomic E-state index is 12.0.